The molecular weight excluding hydrogens is 244 g/mol. The summed E-state index contributed by atoms with van der Waals surface area (Å²) < 4.78 is 4.99. The minimum Gasteiger partial charge on any atom is -0.384 e. The maximum atomic E-state index is 10.9. The molecule has 17 heavy (non-hydrogen) atoms. The number of benzene rings is 1. The second-order valence-corrected chi connectivity index (χ2v) is 4.24. The van der Waals surface area contributed by atoms with Gasteiger partial charge in [-0.3, -0.25) is 10.1 Å². The molecule has 0 aromatic heterocycles. The Morgan fingerprint density at radius 3 is 2.88 bits per heavy atom. The second kappa shape index (κ2) is 6.42. The van der Waals surface area contributed by atoms with Gasteiger partial charge >= 0.3 is 5.69 Å². The van der Waals surface area contributed by atoms with Gasteiger partial charge in [0.05, 0.1) is 11.5 Å². The predicted octanol–water partition coefficient (Wildman–Crippen LogP) is 2.94. The summed E-state index contributed by atoms with van der Waals surface area (Å²) in [5, 5.41) is 14.0. The highest BCUT2D eigenvalue weighted by Gasteiger charge is 2.18. The Hall–Kier alpha value is -1.33. The van der Waals surface area contributed by atoms with E-state index in [-0.39, 0.29) is 16.6 Å². The van der Waals surface area contributed by atoms with Crippen molar-refractivity contribution < 1.29 is 9.66 Å². The fourth-order valence-electron chi connectivity index (χ4n) is 1.47. The minimum atomic E-state index is -0.481. The molecule has 1 unspecified atom stereocenters. The molecule has 0 spiro atoms. The molecule has 0 saturated carbocycles. The van der Waals surface area contributed by atoms with Crippen LogP contribution in [0.25, 0.3) is 0 Å². The molecule has 0 aliphatic heterocycles. The van der Waals surface area contributed by atoms with E-state index in [1.54, 1.807) is 19.2 Å². The molecule has 0 radical (unpaired) electrons. The molecule has 1 aromatic carbocycles. The first-order valence-electron chi connectivity index (χ1n) is 5.22. The summed E-state index contributed by atoms with van der Waals surface area (Å²) in [6, 6.07) is 4.83. The van der Waals surface area contributed by atoms with Crippen molar-refractivity contribution in [3.63, 3.8) is 0 Å². The fourth-order valence-corrected chi connectivity index (χ4v) is 1.71. The lowest BCUT2D eigenvalue weighted by atomic mass is 10.2. The van der Waals surface area contributed by atoms with E-state index in [0.717, 1.165) is 0 Å². The van der Waals surface area contributed by atoms with Crippen molar-refractivity contribution in [3.05, 3.63) is 33.3 Å². The largest absolute Gasteiger partial charge is 0.384 e. The Morgan fingerprint density at radius 2 is 2.29 bits per heavy atom. The Morgan fingerprint density at radius 1 is 1.59 bits per heavy atom. The van der Waals surface area contributed by atoms with Gasteiger partial charge in [-0.1, -0.05) is 24.6 Å². The van der Waals surface area contributed by atoms with Gasteiger partial charge < -0.3 is 10.1 Å². The van der Waals surface area contributed by atoms with E-state index in [4.69, 9.17) is 16.3 Å². The van der Waals surface area contributed by atoms with Crippen molar-refractivity contribution in [1.82, 2.24) is 0 Å². The van der Waals surface area contributed by atoms with Crippen molar-refractivity contribution in [2.24, 2.45) is 5.92 Å². The van der Waals surface area contributed by atoms with Crippen LogP contribution in [0.5, 0.6) is 0 Å². The van der Waals surface area contributed by atoms with Gasteiger partial charge in [-0.25, -0.2) is 0 Å². The van der Waals surface area contributed by atoms with Crippen molar-refractivity contribution in [1.29, 1.82) is 0 Å². The van der Waals surface area contributed by atoms with Crippen molar-refractivity contribution >= 4 is 23.0 Å². The summed E-state index contributed by atoms with van der Waals surface area (Å²) in [6.07, 6.45) is 0. The van der Waals surface area contributed by atoms with Gasteiger partial charge in [0.25, 0.3) is 0 Å². The van der Waals surface area contributed by atoms with Gasteiger partial charge in [-0.15, -0.1) is 0 Å². The Labute approximate surface area is 105 Å². The van der Waals surface area contributed by atoms with Crippen LogP contribution in [-0.2, 0) is 4.74 Å². The van der Waals surface area contributed by atoms with E-state index >= 15 is 0 Å². The Kier molecular flexibility index (Phi) is 5.18. The SMILES string of the molecule is COCC(C)CNc1cccc(Cl)c1[N+](=O)[O-]. The molecule has 0 bridgehead atoms. The zero-order chi connectivity index (χ0) is 12.8. The number of rotatable bonds is 6. The van der Waals surface area contributed by atoms with E-state index in [1.807, 2.05) is 6.92 Å². The van der Waals surface area contributed by atoms with E-state index < -0.39 is 4.92 Å². The molecule has 1 aromatic rings. The number of nitro benzene ring substituents is 1. The maximum Gasteiger partial charge on any atom is 0.310 e. The third-order valence-corrected chi connectivity index (χ3v) is 2.57. The van der Waals surface area contributed by atoms with Crippen LogP contribution in [0.3, 0.4) is 0 Å². The zero-order valence-corrected chi connectivity index (χ0v) is 10.5. The molecule has 94 valence electrons. The van der Waals surface area contributed by atoms with Crippen LogP contribution in [0.2, 0.25) is 5.02 Å². The minimum absolute atomic E-state index is 0.0845. The standard InChI is InChI=1S/C11H15ClN2O3/c1-8(7-17-2)6-13-10-5-3-4-9(12)11(10)14(15)16/h3-5,8,13H,6-7H2,1-2H3. The normalized spacial score (nSPS) is 12.2. The summed E-state index contributed by atoms with van der Waals surface area (Å²) in [5.74, 6) is 0.263. The molecule has 0 heterocycles. The average Bonchev–Trinajstić information content (AvgIpc) is 2.26. The summed E-state index contributed by atoms with van der Waals surface area (Å²) in [4.78, 5) is 10.4. The first kappa shape index (κ1) is 13.7. The number of hydrogen-bond donors (Lipinski definition) is 1. The fraction of sp³-hybridized carbons (Fsp3) is 0.455. The van der Waals surface area contributed by atoms with Gasteiger partial charge in [0.1, 0.15) is 10.7 Å². The molecule has 0 saturated heterocycles. The third kappa shape index (κ3) is 3.87. The highest BCUT2D eigenvalue weighted by molar-refractivity contribution is 6.33. The number of nitrogens with zero attached hydrogens (tertiary/aromatic N) is 1. The second-order valence-electron chi connectivity index (χ2n) is 3.83. The van der Waals surface area contributed by atoms with Gasteiger partial charge in [0, 0.05) is 13.7 Å². The van der Waals surface area contributed by atoms with E-state index in [9.17, 15) is 10.1 Å². The van der Waals surface area contributed by atoms with Crippen LogP contribution in [0.4, 0.5) is 11.4 Å². The highest BCUT2D eigenvalue weighted by atomic mass is 35.5. The smallest absolute Gasteiger partial charge is 0.310 e. The van der Waals surface area contributed by atoms with Crippen LogP contribution in [0.15, 0.2) is 18.2 Å². The molecule has 0 aliphatic rings. The van der Waals surface area contributed by atoms with Gasteiger partial charge in [0.2, 0.25) is 0 Å². The predicted molar refractivity (Wildman–Crippen MR) is 67.6 cm³/mol. The van der Waals surface area contributed by atoms with Crippen molar-refractivity contribution in [2.45, 2.75) is 6.92 Å². The Bertz CT molecular complexity index is 398. The third-order valence-electron chi connectivity index (χ3n) is 2.26. The zero-order valence-electron chi connectivity index (χ0n) is 9.77. The van der Waals surface area contributed by atoms with Crippen LogP contribution in [0, 0.1) is 16.0 Å². The molecular formula is C11H15ClN2O3. The number of methoxy groups -OCH3 is 1. The molecule has 5 nitrogen and oxygen atoms in total. The van der Waals surface area contributed by atoms with E-state index in [1.165, 1.54) is 6.07 Å². The number of halogens is 1. The number of nitro groups is 1. The van der Waals surface area contributed by atoms with Crippen molar-refractivity contribution in [3.8, 4) is 0 Å². The lowest BCUT2D eigenvalue weighted by molar-refractivity contribution is -0.383. The number of anilines is 1. The summed E-state index contributed by atoms with van der Waals surface area (Å²) in [6.45, 7) is 3.18. The van der Waals surface area contributed by atoms with Crippen LogP contribution in [-0.4, -0.2) is 25.2 Å². The topological polar surface area (TPSA) is 64.4 Å². The van der Waals surface area contributed by atoms with Gasteiger partial charge in [-0.2, -0.15) is 0 Å². The molecule has 6 heteroatoms. The van der Waals surface area contributed by atoms with Gasteiger partial charge in [0.15, 0.2) is 0 Å². The lowest BCUT2D eigenvalue weighted by Crippen LogP contribution is -2.16. The molecule has 1 atom stereocenters. The quantitative estimate of drug-likeness (QED) is 0.629. The molecule has 1 N–H and O–H groups in total. The Balaban J connectivity index is 2.77. The number of ether oxygens (including phenoxy) is 1. The number of hydrogen-bond acceptors (Lipinski definition) is 4. The molecule has 0 amide bonds. The number of para-hydroxylation sites is 1. The summed E-state index contributed by atoms with van der Waals surface area (Å²) in [5.41, 5.74) is 0.351. The molecule has 0 aliphatic carbocycles. The summed E-state index contributed by atoms with van der Waals surface area (Å²) in [7, 11) is 1.62. The molecule has 0 fully saturated rings. The molecule has 1 rings (SSSR count). The first-order valence-corrected chi connectivity index (χ1v) is 5.59. The van der Waals surface area contributed by atoms with Crippen LogP contribution < -0.4 is 5.32 Å². The monoisotopic (exact) mass is 258 g/mol. The summed E-state index contributed by atoms with van der Waals surface area (Å²) >= 11 is 5.79. The van der Waals surface area contributed by atoms with Crippen LogP contribution >= 0.6 is 11.6 Å². The maximum absolute atomic E-state index is 10.9. The lowest BCUT2D eigenvalue weighted by Gasteiger charge is -2.12. The first-order chi connectivity index (χ1) is 8.06. The van der Waals surface area contributed by atoms with E-state index in [2.05, 4.69) is 5.32 Å². The highest BCUT2D eigenvalue weighted by Crippen LogP contribution is 2.32. The van der Waals surface area contributed by atoms with Crippen molar-refractivity contribution in [2.75, 3.05) is 25.6 Å². The average molecular weight is 259 g/mol. The van der Waals surface area contributed by atoms with Gasteiger partial charge in [-0.05, 0) is 18.1 Å². The number of nitrogens with one attached hydrogen (secondary N) is 1. The van der Waals surface area contributed by atoms with Crippen LogP contribution in [0.1, 0.15) is 6.92 Å². The van der Waals surface area contributed by atoms with E-state index in [0.29, 0.717) is 18.8 Å².